The Labute approximate surface area is 175 Å². The van der Waals surface area contributed by atoms with E-state index in [2.05, 4.69) is 35.7 Å². The summed E-state index contributed by atoms with van der Waals surface area (Å²) in [5.41, 5.74) is 1.72. The van der Waals surface area contributed by atoms with Crippen LogP contribution in [0.15, 0.2) is 42.9 Å². The standard InChI is InChI=1S/C21H26N8O/c1-15(2)29-14-23-27-20(29)17-7-6-8-18(24-17)25-21(30)26-19-13-16(9-10-22-19)28-11-4-3-5-12-28/h6-10,13-15H,3-5,11-12H2,1-2H3,(H2,22,24,25,26,30). The van der Waals surface area contributed by atoms with Crippen molar-refractivity contribution in [2.24, 2.45) is 0 Å². The van der Waals surface area contributed by atoms with Gasteiger partial charge in [-0.2, -0.15) is 0 Å². The maximum atomic E-state index is 12.5. The normalized spacial score (nSPS) is 14.0. The third-order valence-electron chi connectivity index (χ3n) is 5.06. The molecule has 3 aromatic heterocycles. The Hall–Kier alpha value is -3.49. The molecule has 0 saturated carbocycles. The van der Waals surface area contributed by atoms with Gasteiger partial charge in [0, 0.05) is 37.1 Å². The molecule has 4 heterocycles. The first-order valence-corrected chi connectivity index (χ1v) is 10.3. The number of hydrogen-bond acceptors (Lipinski definition) is 6. The molecule has 1 aliphatic rings. The van der Waals surface area contributed by atoms with Crippen LogP contribution >= 0.6 is 0 Å². The van der Waals surface area contributed by atoms with Crippen molar-refractivity contribution in [2.45, 2.75) is 39.2 Å². The minimum Gasteiger partial charge on any atom is -0.371 e. The van der Waals surface area contributed by atoms with Crippen LogP contribution < -0.4 is 15.5 Å². The van der Waals surface area contributed by atoms with Gasteiger partial charge in [-0.15, -0.1) is 10.2 Å². The molecule has 0 bridgehead atoms. The lowest BCUT2D eigenvalue weighted by Gasteiger charge is -2.28. The largest absolute Gasteiger partial charge is 0.371 e. The molecule has 9 heteroatoms. The van der Waals surface area contributed by atoms with E-state index in [0.717, 1.165) is 18.8 Å². The van der Waals surface area contributed by atoms with Crippen LogP contribution in [-0.4, -0.2) is 43.9 Å². The van der Waals surface area contributed by atoms with Crippen molar-refractivity contribution in [3.05, 3.63) is 42.9 Å². The molecule has 1 fully saturated rings. The number of piperidine rings is 1. The van der Waals surface area contributed by atoms with Crippen molar-refractivity contribution in [1.82, 2.24) is 24.7 Å². The molecule has 0 radical (unpaired) electrons. The van der Waals surface area contributed by atoms with Crippen LogP contribution in [-0.2, 0) is 0 Å². The molecule has 1 saturated heterocycles. The summed E-state index contributed by atoms with van der Waals surface area (Å²) in [6, 6.07) is 9.09. The first-order chi connectivity index (χ1) is 14.6. The maximum Gasteiger partial charge on any atom is 0.326 e. The van der Waals surface area contributed by atoms with E-state index in [0.29, 0.717) is 23.2 Å². The Kier molecular flexibility index (Phi) is 5.87. The number of carbonyl (C=O) groups is 1. The molecule has 4 rings (SSSR count). The van der Waals surface area contributed by atoms with Crippen LogP contribution in [0.4, 0.5) is 22.1 Å². The first-order valence-electron chi connectivity index (χ1n) is 10.3. The molecular formula is C21H26N8O. The summed E-state index contributed by atoms with van der Waals surface area (Å²) < 4.78 is 1.93. The molecule has 0 aromatic carbocycles. The molecule has 3 aromatic rings. The zero-order valence-electron chi connectivity index (χ0n) is 17.2. The highest BCUT2D eigenvalue weighted by Crippen LogP contribution is 2.22. The number of hydrogen-bond donors (Lipinski definition) is 2. The number of pyridine rings is 2. The first kappa shape index (κ1) is 19.8. The Bertz CT molecular complexity index is 1010. The molecule has 0 aliphatic carbocycles. The number of aromatic nitrogens is 5. The highest BCUT2D eigenvalue weighted by Gasteiger charge is 2.14. The molecule has 0 atom stereocenters. The molecular weight excluding hydrogens is 380 g/mol. The fourth-order valence-corrected chi connectivity index (χ4v) is 3.53. The fraction of sp³-hybridized carbons (Fsp3) is 0.381. The molecule has 2 N–H and O–H groups in total. The van der Waals surface area contributed by atoms with E-state index in [1.54, 1.807) is 18.6 Å². The number of amides is 2. The smallest absolute Gasteiger partial charge is 0.326 e. The van der Waals surface area contributed by atoms with E-state index in [4.69, 9.17) is 0 Å². The summed E-state index contributed by atoms with van der Waals surface area (Å²) >= 11 is 0. The summed E-state index contributed by atoms with van der Waals surface area (Å²) in [7, 11) is 0. The van der Waals surface area contributed by atoms with Crippen LogP contribution in [0, 0.1) is 0 Å². The van der Waals surface area contributed by atoms with Gasteiger partial charge in [-0.25, -0.2) is 14.8 Å². The lowest BCUT2D eigenvalue weighted by atomic mass is 10.1. The summed E-state index contributed by atoms with van der Waals surface area (Å²) in [6.45, 7) is 6.17. The summed E-state index contributed by atoms with van der Waals surface area (Å²) in [4.78, 5) is 23.6. The predicted octanol–water partition coefficient (Wildman–Crippen LogP) is 3.95. The summed E-state index contributed by atoms with van der Waals surface area (Å²) in [5.74, 6) is 1.59. The second-order valence-corrected chi connectivity index (χ2v) is 7.59. The second-order valence-electron chi connectivity index (χ2n) is 7.59. The van der Waals surface area contributed by atoms with Gasteiger partial charge >= 0.3 is 6.03 Å². The average Bonchev–Trinajstić information content (AvgIpc) is 3.25. The highest BCUT2D eigenvalue weighted by atomic mass is 16.2. The maximum absolute atomic E-state index is 12.5. The molecule has 0 spiro atoms. The van der Waals surface area contributed by atoms with Gasteiger partial charge in [-0.1, -0.05) is 6.07 Å². The van der Waals surface area contributed by atoms with Crippen molar-refractivity contribution < 1.29 is 4.79 Å². The lowest BCUT2D eigenvalue weighted by Crippen LogP contribution is -2.29. The average molecular weight is 406 g/mol. The van der Waals surface area contributed by atoms with E-state index >= 15 is 0 Å². The van der Waals surface area contributed by atoms with E-state index in [1.807, 2.05) is 42.7 Å². The van der Waals surface area contributed by atoms with Crippen LogP contribution in [0.2, 0.25) is 0 Å². The zero-order valence-corrected chi connectivity index (χ0v) is 17.2. The molecule has 0 unspecified atom stereocenters. The Morgan fingerprint density at radius 1 is 1.07 bits per heavy atom. The number of anilines is 3. The lowest BCUT2D eigenvalue weighted by molar-refractivity contribution is 0.262. The minimum absolute atomic E-state index is 0.204. The van der Waals surface area contributed by atoms with E-state index in [-0.39, 0.29) is 6.04 Å². The van der Waals surface area contributed by atoms with Crippen LogP contribution in [0.25, 0.3) is 11.5 Å². The summed E-state index contributed by atoms with van der Waals surface area (Å²) in [6.07, 6.45) is 7.05. The highest BCUT2D eigenvalue weighted by molar-refractivity contribution is 5.98. The van der Waals surface area contributed by atoms with Gasteiger partial charge in [-0.05, 0) is 51.3 Å². The van der Waals surface area contributed by atoms with Crippen LogP contribution in [0.5, 0.6) is 0 Å². The van der Waals surface area contributed by atoms with Crippen molar-refractivity contribution in [3.63, 3.8) is 0 Å². The predicted molar refractivity (Wildman–Crippen MR) is 117 cm³/mol. The molecule has 1 aliphatic heterocycles. The molecule has 30 heavy (non-hydrogen) atoms. The molecule has 9 nitrogen and oxygen atoms in total. The van der Waals surface area contributed by atoms with Gasteiger partial charge in [0.1, 0.15) is 23.7 Å². The van der Waals surface area contributed by atoms with E-state index in [1.165, 1.54) is 19.3 Å². The quantitative estimate of drug-likeness (QED) is 0.665. The van der Waals surface area contributed by atoms with Gasteiger partial charge < -0.3 is 9.47 Å². The third-order valence-corrected chi connectivity index (χ3v) is 5.06. The Morgan fingerprint density at radius 2 is 1.87 bits per heavy atom. The number of nitrogens with zero attached hydrogens (tertiary/aromatic N) is 6. The Morgan fingerprint density at radius 3 is 2.67 bits per heavy atom. The number of nitrogens with one attached hydrogen (secondary N) is 2. The van der Waals surface area contributed by atoms with Crippen molar-refractivity contribution in [2.75, 3.05) is 28.6 Å². The minimum atomic E-state index is -0.395. The zero-order chi connectivity index (χ0) is 20.9. The number of urea groups is 1. The van der Waals surface area contributed by atoms with Crippen molar-refractivity contribution in [3.8, 4) is 11.5 Å². The monoisotopic (exact) mass is 406 g/mol. The van der Waals surface area contributed by atoms with Gasteiger partial charge in [0.2, 0.25) is 0 Å². The van der Waals surface area contributed by atoms with Crippen molar-refractivity contribution in [1.29, 1.82) is 0 Å². The third kappa shape index (κ3) is 4.56. The van der Waals surface area contributed by atoms with Crippen LogP contribution in [0.1, 0.15) is 39.2 Å². The summed E-state index contributed by atoms with van der Waals surface area (Å²) in [5, 5.41) is 13.7. The topological polar surface area (TPSA) is 101 Å². The van der Waals surface area contributed by atoms with Gasteiger partial charge in [0.05, 0.1) is 0 Å². The van der Waals surface area contributed by atoms with Crippen LogP contribution in [0.3, 0.4) is 0 Å². The van der Waals surface area contributed by atoms with Crippen molar-refractivity contribution >= 4 is 23.4 Å². The van der Waals surface area contributed by atoms with E-state index < -0.39 is 6.03 Å². The van der Waals surface area contributed by atoms with E-state index in [9.17, 15) is 4.79 Å². The SMILES string of the molecule is CC(C)n1cnnc1-c1cccc(NC(=O)Nc2cc(N3CCCCC3)ccn2)n1. The second kappa shape index (κ2) is 8.89. The number of carbonyl (C=O) groups excluding carboxylic acids is 1. The fourth-order valence-electron chi connectivity index (χ4n) is 3.53. The van der Waals surface area contributed by atoms with Gasteiger partial charge in [0.15, 0.2) is 5.82 Å². The molecule has 156 valence electrons. The number of rotatable bonds is 5. The molecule has 2 amide bonds. The Balaban J connectivity index is 1.44. The van der Waals surface area contributed by atoms with Gasteiger partial charge in [0.25, 0.3) is 0 Å². The van der Waals surface area contributed by atoms with Gasteiger partial charge in [-0.3, -0.25) is 10.6 Å².